The number of benzene rings is 1. The lowest BCUT2D eigenvalue weighted by atomic mass is 10.2. The van der Waals surface area contributed by atoms with E-state index in [1.54, 1.807) is 11.3 Å². The van der Waals surface area contributed by atoms with Crippen LogP contribution in [0.25, 0.3) is 0 Å². The highest BCUT2D eigenvalue weighted by atomic mass is 127. The molecule has 0 unspecified atom stereocenters. The van der Waals surface area contributed by atoms with Gasteiger partial charge in [0.05, 0.1) is 5.01 Å². The van der Waals surface area contributed by atoms with Crippen molar-refractivity contribution in [3.63, 3.8) is 0 Å². The number of nitrogens with one attached hydrogen (secondary N) is 2. The fraction of sp³-hybridized carbons (Fsp3) is 0.500. The van der Waals surface area contributed by atoms with Crippen molar-refractivity contribution in [1.82, 2.24) is 20.5 Å². The molecule has 0 aliphatic heterocycles. The van der Waals surface area contributed by atoms with Crippen molar-refractivity contribution >= 4 is 41.3 Å². The topological polar surface area (TPSA) is 52.6 Å². The summed E-state index contributed by atoms with van der Waals surface area (Å²) in [6, 6.07) is 10.6. The van der Waals surface area contributed by atoms with Crippen LogP contribution in [0, 0.1) is 0 Å². The van der Waals surface area contributed by atoms with Gasteiger partial charge in [-0.15, -0.1) is 35.3 Å². The van der Waals surface area contributed by atoms with E-state index in [4.69, 9.17) is 0 Å². The zero-order valence-electron chi connectivity index (χ0n) is 16.6. The number of aromatic nitrogens is 1. The van der Waals surface area contributed by atoms with Crippen LogP contribution in [0.5, 0.6) is 0 Å². The zero-order chi connectivity index (χ0) is 18.6. The predicted octanol–water partition coefficient (Wildman–Crippen LogP) is 3.55. The van der Waals surface area contributed by atoms with Crippen LogP contribution < -0.4 is 10.6 Å². The number of rotatable bonds is 10. The second-order valence-electron chi connectivity index (χ2n) is 6.33. The van der Waals surface area contributed by atoms with Crippen molar-refractivity contribution in [3.05, 3.63) is 52.0 Å². The van der Waals surface area contributed by atoms with E-state index < -0.39 is 0 Å². The third-order valence-corrected chi connectivity index (χ3v) is 5.31. The van der Waals surface area contributed by atoms with Crippen molar-refractivity contribution < 1.29 is 0 Å². The van der Waals surface area contributed by atoms with E-state index >= 15 is 0 Å². The Morgan fingerprint density at radius 3 is 2.59 bits per heavy atom. The minimum atomic E-state index is 0. The Morgan fingerprint density at radius 1 is 1.19 bits per heavy atom. The van der Waals surface area contributed by atoms with Crippen molar-refractivity contribution in [1.29, 1.82) is 0 Å². The summed E-state index contributed by atoms with van der Waals surface area (Å²) in [5, 5.41) is 7.94. The highest BCUT2D eigenvalue weighted by Gasteiger charge is 2.03. The molecule has 0 radical (unpaired) electrons. The molecule has 0 aliphatic carbocycles. The molecule has 1 heterocycles. The van der Waals surface area contributed by atoms with Crippen molar-refractivity contribution in [2.75, 3.05) is 33.7 Å². The molecule has 0 amide bonds. The fourth-order valence-corrected chi connectivity index (χ4v) is 3.53. The lowest BCUT2D eigenvalue weighted by molar-refractivity contribution is 0.322. The van der Waals surface area contributed by atoms with E-state index in [1.807, 2.05) is 13.2 Å². The summed E-state index contributed by atoms with van der Waals surface area (Å²) < 4.78 is 0. The number of halogens is 1. The average Bonchev–Trinajstić information content (AvgIpc) is 3.12. The molecule has 2 aromatic rings. The maximum Gasteiger partial charge on any atom is 0.190 e. The number of aryl methyl sites for hydroxylation is 1. The van der Waals surface area contributed by atoms with E-state index in [2.05, 4.69) is 69.8 Å². The molecule has 0 bridgehead atoms. The first-order valence-corrected chi connectivity index (χ1v) is 10.1. The highest BCUT2D eigenvalue weighted by Crippen LogP contribution is 2.13. The summed E-state index contributed by atoms with van der Waals surface area (Å²) in [6.07, 6.45) is 5.06. The number of aliphatic imine (C=N–C) groups is 1. The van der Waals surface area contributed by atoms with E-state index in [1.165, 1.54) is 15.4 Å². The van der Waals surface area contributed by atoms with E-state index in [0.29, 0.717) is 0 Å². The van der Waals surface area contributed by atoms with Crippen LogP contribution in [0.4, 0.5) is 0 Å². The van der Waals surface area contributed by atoms with Crippen molar-refractivity contribution in [2.45, 2.75) is 32.7 Å². The van der Waals surface area contributed by atoms with E-state index in [0.717, 1.165) is 51.4 Å². The summed E-state index contributed by atoms with van der Waals surface area (Å²) in [5.74, 6) is 0.864. The fourth-order valence-electron chi connectivity index (χ4n) is 2.67. The molecule has 27 heavy (non-hydrogen) atoms. The molecule has 0 saturated heterocycles. The molecule has 0 spiro atoms. The molecule has 0 saturated carbocycles. The Bertz CT molecular complexity index is 659. The Balaban J connectivity index is 0.00000364. The number of thiazole rings is 1. The van der Waals surface area contributed by atoms with Crippen LogP contribution in [-0.4, -0.2) is 49.6 Å². The molecule has 2 rings (SSSR count). The smallest absolute Gasteiger partial charge is 0.190 e. The predicted molar refractivity (Wildman–Crippen MR) is 127 cm³/mol. The van der Waals surface area contributed by atoms with Crippen molar-refractivity contribution in [3.8, 4) is 0 Å². The summed E-state index contributed by atoms with van der Waals surface area (Å²) in [7, 11) is 3.98. The number of hydrogen-bond acceptors (Lipinski definition) is 4. The van der Waals surface area contributed by atoms with Gasteiger partial charge in [0.2, 0.25) is 0 Å². The first-order valence-electron chi connectivity index (χ1n) is 9.31. The first kappa shape index (κ1) is 23.8. The normalized spacial score (nSPS) is 11.3. The van der Waals surface area contributed by atoms with Gasteiger partial charge in [-0.05, 0) is 32.0 Å². The maximum atomic E-state index is 4.45. The van der Waals surface area contributed by atoms with Crippen LogP contribution in [0.15, 0.2) is 41.5 Å². The minimum Gasteiger partial charge on any atom is -0.356 e. The molecule has 2 N–H and O–H groups in total. The third-order valence-electron chi connectivity index (χ3n) is 4.11. The van der Waals surface area contributed by atoms with Gasteiger partial charge in [-0.3, -0.25) is 4.99 Å². The molecule has 0 aliphatic rings. The summed E-state index contributed by atoms with van der Waals surface area (Å²) >= 11 is 1.80. The zero-order valence-corrected chi connectivity index (χ0v) is 19.7. The minimum absolute atomic E-state index is 0. The molecule has 1 aromatic heterocycles. The number of hydrogen-bond donors (Lipinski definition) is 2. The van der Waals surface area contributed by atoms with Gasteiger partial charge < -0.3 is 15.5 Å². The second kappa shape index (κ2) is 13.9. The van der Waals surface area contributed by atoms with Crippen molar-refractivity contribution in [2.24, 2.45) is 4.99 Å². The largest absolute Gasteiger partial charge is 0.356 e. The van der Waals surface area contributed by atoms with Gasteiger partial charge in [-0.25, -0.2) is 4.98 Å². The molecule has 7 heteroatoms. The van der Waals surface area contributed by atoms with Gasteiger partial charge in [-0.2, -0.15) is 0 Å². The number of guanidine groups is 1. The summed E-state index contributed by atoms with van der Waals surface area (Å²) in [6.45, 7) is 5.97. The SMILES string of the molecule is CCc1cnc(CCNC(=NC)NCCCN(C)Cc2ccccc2)s1.I. The molecule has 5 nitrogen and oxygen atoms in total. The Hall–Kier alpha value is -1.19. The summed E-state index contributed by atoms with van der Waals surface area (Å²) in [5.41, 5.74) is 1.36. The number of nitrogens with zero attached hydrogens (tertiary/aromatic N) is 3. The molecule has 0 fully saturated rings. The maximum absolute atomic E-state index is 4.45. The summed E-state index contributed by atoms with van der Waals surface area (Å²) in [4.78, 5) is 12.4. The molecule has 0 atom stereocenters. The lowest BCUT2D eigenvalue weighted by Crippen LogP contribution is -2.39. The van der Waals surface area contributed by atoms with Crippen LogP contribution in [0.2, 0.25) is 0 Å². The Labute approximate surface area is 184 Å². The molecule has 150 valence electrons. The highest BCUT2D eigenvalue weighted by molar-refractivity contribution is 14.0. The average molecular weight is 501 g/mol. The van der Waals surface area contributed by atoms with E-state index in [-0.39, 0.29) is 24.0 Å². The quantitative estimate of drug-likeness (QED) is 0.226. The lowest BCUT2D eigenvalue weighted by Gasteiger charge is -2.17. The van der Waals surface area contributed by atoms with Gasteiger partial charge in [-0.1, -0.05) is 37.3 Å². The van der Waals surface area contributed by atoms with Crippen LogP contribution in [0.3, 0.4) is 0 Å². The third kappa shape index (κ3) is 9.53. The van der Waals surface area contributed by atoms with Gasteiger partial charge >= 0.3 is 0 Å². The van der Waals surface area contributed by atoms with Gasteiger partial charge in [0.25, 0.3) is 0 Å². The Morgan fingerprint density at radius 2 is 1.93 bits per heavy atom. The van der Waals surface area contributed by atoms with Gasteiger partial charge in [0, 0.05) is 44.2 Å². The van der Waals surface area contributed by atoms with Gasteiger partial charge in [0.15, 0.2) is 5.96 Å². The van der Waals surface area contributed by atoms with Crippen LogP contribution in [0.1, 0.15) is 28.8 Å². The van der Waals surface area contributed by atoms with Crippen LogP contribution >= 0.6 is 35.3 Å². The van der Waals surface area contributed by atoms with Gasteiger partial charge in [0.1, 0.15) is 0 Å². The second-order valence-corrected chi connectivity index (χ2v) is 7.53. The Kier molecular flexibility index (Phi) is 12.3. The first-order chi connectivity index (χ1) is 12.7. The molecular weight excluding hydrogens is 469 g/mol. The standard InChI is InChI=1S/C20H31N5S.HI/c1-4-18-15-24-19(26-18)11-13-23-20(21-2)22-12-8-14-25(3)16-17-9-6-5-7-10-17;/h5-7,9-10,15H,4,8,11-14,16H2,1-3H3,(H2,21,22,23);1H. The van der Waals surface area contributed by atoms with Crippen LogP contribution in [-0.2, 0) is 19.4 Å². The van der Waals surface area contributed by atoms with E-state index in [9.17, 15) is 0 Å². The molecular formula is C20H32IN5S. The monoisotopic (exact) mass is 501 g/mol. The molecule has 1 aromatic carbocycles.